The first-order valence-electron chi connectivity index (χ1n) is 2.90. The summed E-state index contributed by atoms with van der Waals surface area (Å²) in [5, 5.41) is 3.65. The Kier molecular flexibility index (Phi) is 0.943. The second kappa shape index (κ2) is 1.76. The quantitative estimate of drug-likeness (QED) is 0.538. The highest BCUT2D eigenvalue weighted by Crippen LogP contribution is 2.15. The van der Waals surface area contributed by atoms with Crippen molar-refractivity contribution in [3.05, 3.63) is 18.2 Å². The molecule has 0 radical (unpaired) electrons. The lowest BCUT2D eigenvalue weighted by Gasteiger charge is -1.92. The molecule has 0 aromatic rings. The first-order valence-corrected chi connectivity index (χ1v) is 2.90. The Morgan fingerprint density at radius 3 is 3.20 bits per heavy atom. The predicted octanol–water partition coefficient (Wildman–Crippen LogP) is 0.878. The molecule has 0 unspecified atom stereocenters. The van der Waals surface area contributed by atoms with Gasteiger partial charge in [0.2, 0.25) is 5.76 Å². The maximum Gasteiger partial charge on any atom is 0.203 e. The van der Waals surface area contributed by atoms with Gasteiger partial charge in [0.05, 0.1) is 12.4 Å². The van der Waals surface area contributed by atoms with Crippen molar-refractivity contribution in [2.75, 3.05) is 0 Å². The lowest BCUT2D eigenvalue weighted by atomic mass is 10.4. The standard InChI is InChI=1S/C6H5N3O/c1-4-8-5-2-7-3-6(5)10-9-4/h2-3H,1H3. The zero-order valence-electron chi connectivity index (χ0n) is 5.40. The number of rotatable bonds is 0. The van der Waals surface area contributed by atoms with Crippen molar-refractivity contribution in [1.82, 2.24) is 15.1 Å². The first kappa shape index (κ1) is 5.34. The second-order valence-corrected chi connectivity index (χ2v) is 2.00. The molecule has 4 nitrogen and oxygen atoms in total. The van der Waals surface area contributed by atoms with Crippen LogP contribution in [0.15, 0.2) is 16.9 Å². The van der Waals surface area contributed by atoms with E-state index < -0.39 is 0 Å². The number of hydrogen-bond donors (Lipinski definition) is 0. The number of aryl methyl sites for hydroxylation is 1. The Balaban J connectivity index is 2.75. The van der Waals surface area contributed by atoms with Gasteiger partial charge in [-0.25, -0.2) is 4.98 Å². The van der Waals surface area contributed by atoms with Crippen molar-refractivity contribution in [3.8, 4) is 11.5 Å². The minimum atomic E-state index is 0.625. The molecule has 0 atom stereocenters. The SMILES string of the molecule is Cc1noc2cncc-2n1. The third-order valence-corrected chi connectivity index (χ3v) is 1.20. The van der Waals surface area contributed by atoms with Gasteiger partial charge >= 0.3 is 0 Å². The molecule has 0 amide bonds. The van der Waals surface area contributed by atoms with E-state index in [1.54, 1.807) is 19.3 Å². The van der Waals surface area contributed by atoms with E-state index in [-0.39, 0.29) is 0 Å². The van der Waals surface area contributed by atoms with Gasteiger partial charge in [-0.15, -0.1) is 0 Å². The molecule has 0 saturated heterocycles. The average Bonchev–Trinajstić information content (AvgIpc) is 2.33. The molecule has 0 bridgehead atoms. The Morgan fingerprint density at radius 1 is 1.40 bits per heavy atom. The second-order valence-electron chi connectivity index (χ2n) is 2.00. The van der Waals surface area contributed by atoms with Crippen LogP contribution in [0.5, 0.6) is 0 Å². The summed E-state index contributed by atoms with van der Waals surface area (Å²) in [5.74, 6) is 1.26. The topological polar surface area (TPSA) is 51.8 Å². The minimum absolute atomic E-state index is 0.625. The Hall–Kier alpha value is -1.45. The third-order valence-electron chi connectivity index (χ3n) is 1.20. The maximum absolute atomic E-state index is 4.91. The van der Waals surface area contributed by atoms with Crippen LogP contribution in [0.25, 0.3) is 11.5 Å². The van der Waals surface area contributed by atoms with Gasteiger partial charge < -0.3 is 4.52 Å². The van der Waals surface area contributed by atoms with E-state index in [4.69, 9.17) is 4.52 Å². The van der Waals surface area contributed by atoms with Crippen LogP contribution < -0.4 is 0 Å². The van der Waals surface area contributed by atoms with E-state index in [9.17, 15) is 0 Å². The van der Waals surface area contributed by atoms with Crippen LogP contribution in [0.1, 0.15) is 5.82 Å². The summed E-state index contributed by atoms with van der Waals surface area (Å²) in [6.07, 6.45) is 3.24. The fraction of sp³-hybridized carbons (Fsp3) is 0.167. The van der Waals surface area contributed by atoms with Crippen LogP contribution in [-0.2, 0) is 0 Å². The fourth-order valence-electron chi connectivity index (χ4n) is 0.770. The highest BCUT2D eigenvalue weighted by Gasteiger charge is 2.06. The van der Waals surface area contributed by atoms with Crippen LogP contribution in [0.2, 0.25) is 0 Å². The number of fused-ring (bicyclic) bond motifs is 1. The molecule has 0 aromatic heterocycles. The summed E-state index contributed by atoms with van der Waals surface area (Å²) in [6.45, 7) is 1.77. The molecule has 0 N–H and O–H groups in total. The van der Waals surface area contributed by atoms with Crippen LogP contribution in [-0.4, -0.2) is 15.1 Å². The first-order chi connectivity index (χ1) is 4.86. The van der Waals surface area contributed by atoms with Crippen molar-refractivity contribution in [2.24, 2.45) is 0 Å². The van der Waals surface area contributed by atoms with Gasteiger partial charge in [-0.3, -0.25) is 4.98 Å². The van der Waals surface area contributed by atoms with Crippen LogP contribution in [0, 0.1) is 6.92 Å². The lowest BCUT2D eigenvalue weighted by Crippen LogP contribution is -1.88. The van der Waals surface area contributed by atoms with E-state index in [2.05, 4.69) is 15.1 Å². The normalized spacial score (nSPS) is 10.5. The van der Waals surface area contributed by atoms with Crippen molar-refractivity contribution < 1.29 is 4.52 Å². The summed E-state index contributed by atoms with van der Waals surface area (Å²) >= 11 is 0. The van der Waals surface area contributed by atoms with Crippen LogP contribution in [0.4, 0.5) is 0 Å². The molecule has 0 aliphatic carbocycles. The Morgan fingerprint density at radius 2 is 2.30 bits per heavy atom. The van der Waals surface area contributed by atoms with Gasteiger partial charge in [0.15, 0.2) is 5.82 Å². The predicted molar refractivity (Wildman–Crippen MR) is 33.5 cm³/mol. The molecule has 2 rings (SSSR count). The molecular weight excluding hydrogens is 130 g/mol. The van der Waals surface area contributed by atoms with E-state index in [0.717, 1.165) is 5.69 Å². The van der Waals surface area contributed by atoms with E-state index in [1.165, 1.54) is 0 Å². The van der Waals surface area contributed by atoms with Crippen molar-refractivity contribution in [1.29, 1.82) is 0 Å². The monoisotopic (exact) mass is 135 g/mol. The summed E-state index contributed by atoms with van der Waals surface area (Å²) in [6, 6.07) is 0. The van der Waals surface area contributed by atoms with Crippen LogP contribution >= 0.6 is 0 Å². The number of aromatic nitrogens is 3. The largest absolute Gasteiger partial charge is 0.351 e. The summed E-state index contributed by atoms with van der Waals surface area (Å²) in [7, 11) is 0. The molecular formula is C6H5N3O. The van der Waals surface area contributed by atoms with Crippen molar-refractivity contribution >= 4 is 0 Å². The highest BCUT2D eigenvalue weighted by molar-refractivity contribution is 5.50. The average molecular weight is 135 g/mol. The molecule has 2 heterocycles. The molecule has 0 aromatic carbocycles. The van der Waals surface area contributed by atoms with Crippen molar-refractivity contribution in [3.63, 3.8) is 0 Å². The van der Waals surface area contributed by atoms with Gasteiger partial charge in [0, 0.05) is 0 Å². The molecule has 4 heteroatoms. The van der Waals surface area contributed by atoms with Gasteiger partial charge in [0.25, 0.3) is 0 Å². The van der Waals surface area contributed by atoms with Gasteiger partial charge in [-0.05, 0) is 6.92 Å². The summed E-state index contributed by atoms with van der Waals surface area (Å²) < 4.78 is 4.91. The smallest absolute Gasteiger partial charge is 0.203 e. The highest BCUT2D eigenvalue weighted by atomic mass is 16.5. The zero-order valence-corrected chi connectivity index (χ0v) is 5.40. The molecule has 0 saturated carbocycles. The van der Waals surface area contributed by atoms with E-state index in [1.807, 2.05) is 0 Å². The molecule has 10 heavy (non-hydrogen) atoms. The molecule has 2 aliphatic rings. The maximum atomic E-state index is 4.91. The van der Waals surface area contributed by atoms with Crippen molar-refractivity contribution in [2.45, 2.75) is 6.92 Å². The van der Waals surface area contributed by atoms with Crippen LogP contribution in [0.3, 0.4) is 0 Å². The van der Waals surface area contributed by atoms with Gasteiger partial charge in [0.1, 0.15) is 5.69 Å². The van der Waals surface area contributed by atoms with Gasteiger partial charge in [-0.2, -0.15) is 0 Å². The van der Waals surface area contributed by atoms with Gasteiger partial charge in [-0.1, -0.05) is 5.16 Å². The number of hydrogen-bond acceptors (Lipinski definition) is 4. The summed E-state index contributed by atoms with van der Waals surface area (Å²) in [4.78, 5) is 7.91. The zero-order chi connectivity index (χ0) is 6.97. The third kappa shape index (κ3) is 0.655. The lowest BCUT2D eigenvalue weighted by molar-refractivity contribution is 0.395. The fourth-order valence-corrected chi connectivity index (χ4v) is 0.770. The Labute approximate surface area is 57.2 Å². The van der Waals surface area contributed by atoms with E-state index >= 15 is 0 Å². The molecule has 50 valence electrons. The minimum Gasteiger partial charge on any atom is -0.351 e. The Bertz CT molecular complexity index is 317. The molecule has 0 fully saturated rings. The summed E-state index contributed by atoms with van der Waals surface area (Å²) in [5.41, 5.74) is 0.757. The molecule has 2 aliphatic heterocycles. The molecule has 0 spiro atoms. The van der Waals surface area contributed by atoms with E-state index in [0.29, 0.717) is 11.6 Å². The number of nitrogens with zero attached hydrogens (tertiary/aromatic N) is 3.